The number of nitrogens with one attached hydrogen (secondary N) is 1. The lowest BCUT2D eigenvalue weighted by molar-refractivity contribution is -0.0505. The molecule has 6 heteroatoms. The summed E-state index contributed by atoms with van der Waals surface area (Å²) < 4.78 is 7.41. The van der Waals surface area contributed by atoms with Gasteiger partial charge in [-0.15, -0.1) is 0 Å². The SMILES string of the molecule is CCC(CC)(OC)C(NN)c1c(Cl)cnn1C. The number of aromatic nitrogens is 2. The van der Waals surface area contributed by atoms with Crippen molar-refractivity contribution in [2.45, 2.75) is 38.3 Å². The van der Waals surface area contributed by atoms with Gasteiger partial charge in [0.15, 0.2) is 0 Å². The molecule has 5 nitrogen and oxygen atoms in total. The second-order valence-electron chi connectivity index (χ2n) is 4.08. The molecule has 0 saturated heterocycles. The van der Waals surface area contributed by atoms with Crippen LogP contribution in [0.2, 0.25) is 5.02 Å². The van der Waals surface area contributed by atoms with Crippen LogP contribution < -0.4 is 11.3 Å². The van der Waals surface area contributed by atoms with Crippen LogP contribution in [-0.2, 0) is 11.8 Å². The Hall–Kier alpha value is -0.620. The summed E-state index contributed by atoms with van der Waals surface area (Å²) in [5.41, 5.74) is 3.27. The smallest absolute Gasteiger partial charge is 0.0932 e. The highest BCUT2D eigenvalue weighted by atomic mass is 35.5. The van der Waals surface area contributed by atoms with Crippen molar-refractivity contribution in [2.24, 2.45) is 12.9 Å². The molecule has 1 unspecified atom stereocenters. The molecule has 0 bridgehead atoms. The van der Waals surface area contributed by atoms with Crippen molar-refractivity contribution in [3.8, 4) is 0 Å². The number of hydrazine groups is 1. The fraction of sp³-hybridized carbons (Fsp3) is 0.727. The molecule has 1 heterocycles. The molecule has 0 aliphatic rings. The van der Waals surface area contributed by atoms with Gasteiger partial charge in [0, 0.05) is 14.2 Å². The maximum absolute atomic E-state index is 6.16. The third kappa shape index (κ3) is 2.47. The van der Waals surface area contributed by atoms with E-state index in [1.165, 1.54) is 0 Å². The van der Waals surface area contributed by atoms with Gasteiger partial charge in [-0.2, -0.15) is 5.10 Å². The zero-order valence-electron chi connectivity index (χ0n) is 10.8. The first-order valence-corrected chi connectivity index (χ1v) is 6.12. The van der Waals surface area contributed by atoms with Crippen LogP contribution >= 0.6 is 11.6 Å². The van der Waals surface area contributed by atoms with Crippen molar-refractivity contribution >= 4 is 11.6 Å². The zero-order valence-corrected chi connectivity index (χ0v) is 11.6. The number of ether oxygens (including phenoxy) is 1. The van der Waals surface area contributed by atoms with Crippen molar-refractivity contribution in [3.05, 3.63) is 16.9 Å². The molecule has 0 spiro atoms. The Kier molecular flexibility index (Phi) is 4.94. The number of hydrogen-bond donors (Lipinski definition) is 2. The molecule has 0 fully saturated rings. The van der Waals surface area contributed by atoms with Crippen LogP contribution in [0, 0.1) is 0 Å². The summed E-state index contributed by atoms with van der Waals surface area (Å²) in [5, 5.41) is 4.73. The summed E-state index contributed by atoms with van der Waals surface area (Å²) in [7, 11) is 3.54. The summed E-state index contributed by atoms with van der Waals surface area (Å²) in [4.78, 5) is 0. The minimum Gasteiger partial charge on any atom is -0.376 e. The largest absolute Gasteiger partial charge is 0.376 e. The van der Waals surface area contributed by atoms with Gasteiger partial charge in [0.25, 0.3) is 0 Å². The summed E-state index contributed by atoms with van der Waals surface area (Å²) in [6.07, 6.45) is 3.28. The van der Waals surface area contributed by atoms with E-state index in [0.29, 0.717) is 5.02 Å². The molecular formula is C11H21ClN4O. The summed E-state index contributed by atoms with van der Waals surface area (Å²) in [5.74, 6) is 5.68. The van der Waals surface area contributed by atoms with E-state index in [0.717, 1.165) is 18.5 Å². The number of nitrogens with two attached hydrogens (primary N) is 1. The van der Waals surface area contributed by atoms with E-state index in [2.05, 4.69) is 24.4 Å². The molecule has 1 atom stereocenters. The first-order chi connectivity index (χ1) is 8.06. The van der Waals surface area contributed by atoms with Gasteiger partial charge < -0.3 is 4.74 Å². The molecule has 0 amide bonds. The Morgan fingerprint density at radius 2 is 2.18 bits per heavy atom. The first-order valence-electron chi connectivity index (χ1n) is 5.75. The third-order valence-electron chi connectivity index (χ3n) is 3.51. The normalized spacial score (nSPS) is 14.0. The summed E-state index contributed by atoms with van der Waals surface area (Å²) >= 11 is 6.16. The van der Waals surface area contributed by atoms with Crippen LogP contribution in [0.5, 0.6) is 0 Å². The molecular weight excluding hydrogens is 240 g/mol. The fourth-order valence-electron chi connectivity index (χ4n) is 2.29. The number of nitrogens with zero attached hydrogens (tertiary/aromatic N) is 2. The maximum Gasteiger partial charge on any atom is 0.0932 e. The molecule has 1 aromatic rings. The second kappa shape index (κ2) is 5.82. The van der Waals surface area contributed by atoms with E-state index in [1.54, 1.807) is 18.0 Å². The standard InChI is InChI=1S/C11H21ClN4O/c1-5-11(6-2,17-4)10(15-13)9-8(12)7-14-16(9)3/h7,10,15H,5-6,13H2,1-4H3. The molecule has 98 valence electrons. The lowest BCUT2D eigenvalue weighted by atomic mass is 9.86. The lowest BCUT2D eigenvalue weighted by Crippen LogP contribution is -2.48. The Labute approximate surface area is 107 Å². The van der Waals surface area contributed by atoms with Crippen molar-refractivity contribution in [2.75, 3.05) is 7.11 Å². The zero-order chi connectivity index (χ0) is 13.1. The maximum atomic E-state index is 6.16. The Morgan fingerprint density at radius 3 is 2.47 bits per heavy atom. The van der Waals surface area contributed by atoms with Gasteiger partial charge in [0.2, 0.25) is 0 Å². The van der Waals surface area contributed by atoms with E-state index in [9.17, 15) is 0 Å². The second-order valence-corrected chi connectivity index (χ2v) is 4.48. The monoisotopic (exact) mass is 260 g/mol. The summed E-state index contributed by atoms with van der Waals surface area (Å²) in [6, 6.07) is -0.192. The molecule has 0 aliphatic carbocycles. The van der Waals surface area contributed by atoms with Crippen LogP contribution in [0.3, 0.4) is 0 Å². The van der Waals surface area contributed by atoms with E-state index in [-0.39, 0.29) is 11.6 Å². The highest BCUT2D eigenvalue weighted by Gasteiger charge is 2.39. The molecule has 1 aromatic heterocycles. The van der Waals surface area contributed by atoms with Gasteiger partial charge in [-0.1, -0.05) is 25.4 Å². The van der Waals surface area contributed by atoms with Crippen LogP contribution in [0.4, 0.5) is 0 Å². The molecule has 0 saturated carbocycles. The molecule has 17 heavy (non-hydrogen) atoms. The van der Waals surface area contributed by atoms with E-state index in [1.807, 2.05) is 7.05 Å². The topological polar surface area (TPSA) is 65.1 Å². The third-order valence-corrected chi connectivity index (χ3v) is 3.80. The highest BCUT2D eigenvalue weighted by molar-refractivity contribution is 6.31. The van der Waals surface area contributed by atoms with Gasteiger partial charge in [0.05, 0.1) is 28.6 Å². The molecule has 1 rings (SSSR count). The molecule has 0 aromatic carbocycles. The van der Waals surface area contributed by atoms with Crippen LogP contribution in [0.25, 0.3) is 0 Å². The molecule has 3 N–H and O–H groups in total. The molecule has 0 radical (unpaired) electrons. The number of halogens is 1. The van der Waals surface area contributed by atoms with Gasteiger partial charge in [-0.05, 0) is 12.8 Å². The van der Waals surface area contributed by atoms with Crippen LogP contribution in [0.15, 0.2) is 6.20 Å². The lowest BCUT2D eigenvalue weighted by Gasteiger charge is -2.38. The average molecular weight is 261 g/mol. The van der Waals surface area contributed by atoms with Gasteiger partial charge in [0.1, 0.15) is 0 Å². The molecule has 0 aliphatic heterocycles. The van der Waals surface area contributed by atoms with Crippen LogP contribution in [0.1, 0.15) is 38.4 Å². The highest BCUT2D eigenvalue weighted by Crippen LogP contribution is 2.36. The van der Waals surface area contributed by atoms with E-state index < -0.39 is 0 Å². The van der Waals surface area contributed by atoms with E-state index in [4.69, 9.17) is 22.2 Å². The minimum absolute atomic E-state index is 0.192. The first kappa shape index (κ1) is 14.4. The van der Waals surface area contributed by atoms with E-state index >= 15 is 0 Å². The summed E-state index contributed by atoms with van der Waals surface area (Å²) in [6.45, 7) is 4.14. The van der Waals surface area contributed by atoms with Crippen molar-refractivity contribution in [1.82, 2.24) is 15.2 Å². The fourth-order valence-corrected chi connectivity index (χ4v) is 2.56. The Bertz CT molecular complexity index is 335. The Balaban J connectivity index is 3.22. The number of aryl methyl sites for hydroxylation is 1. The predicted molar refractivity (Wildman–Crippen MR) is 68.6 cm³/mol. The quantitative estimate of drug-likeness (QED) is 0.605. The Morgan fingerprint density at radius 1 is 1.59 bits per heavy atom. The minimum atomic E-state index is -0.383. The number of methoxy groups -OCH3 is 1. The number of rotatable bonds is 6. The van der Waals surface area contributed by atoms with Crippen molar-refractivity contribution in [3.63, 3.8) is 0 Å². The van der Waals surface area contributed by atoms with Gasteiger partial charge in [-0.3, -0.25) is 10.5 Å². The van der Waals surface area contributed by atoms with Crippen molar-refractivity contribution < 1.29 is 4.74 Å². The van der Waals surface area contributed by atoms with Crippen molar-refractivity contribution in [1.29, 1.82) is 0 Å². The average Bonchev–Trinajstić information content (AvgIpc) is 2.67. The van der Waals surface area contributed by atoms with Gasteiger partial charge in [-0.25, -0.2) is 5.43 Å². The van der Waals surface area contributed by atoms with Crippen LogP contribution in [-0.4, -0.2) is 22.5 Å². The predicted octanol–water partition coefficient (Wildman–Crippen LogP) is 1.78. The number of hydrogen-bond acceptors (Lipinski definition) is 4. The van der Waals surface area contributed by atoms with Gasteiger partial charge >= 0.3 is 0 Å².